The molecule has 1 aromatic rings. The molecule has 120 valence electrons. The molecule has 2 unspecified atom stereocenters. The van der Waals surface area contributed by atoms with E-state index in [-0.39, 0.29) is 17.6 Å². The third-order valence-electron chi connectivity index (χ3n) is 5.17. The lowest BCUT2D eigenvalue weighted by Gasteiger charge is -2.41. The number of aromatic hydroxyl groups is 1. The minimum Gasteiger partial charge on any atom is -0.506 e. The second-order valence-electron chi connectivity index (χ2n) is 7.10. The lowest BCUT2D eigenvalue weighted by molar-refractivity contribution is -0.122. The molecule has 2 saturated heterocycles. The number of rotatable bonds is 3. The number of hydrogen-bond donors (Lipinski definition) is 2. The van der Waals surface area contributed by atoms with Crippen LogP contribution in [0.4, 0.5) is 5.69 Å². The molecule has 1 amide bonds. The third-order valence-corrected chi connectivity index (χ3v) is 5.17. The van der Waals surface area contributed by atoms with Gasteiger partial charge in [-0.15, -0.1) is 0 Å². The summed E-state index contributed by atoms with van der Waals surface area (Å²) in [5, 5.41) is 12.9. The zero-order valence-corrected chi connectivity index (χ0v) is 13.7. The quantitative estimate of drug-likeness (QED) is 0.842. The van der Waals surface area contributed by atoms with Crippen molar-refractivity contribution in [1.29, 1.82) is 0 Å². The Morgan fingerprint density at radius 3 is 2.45 bits per heavy atom. The van der Waals surface area contributed by atoms with Crippen molar-refractivity contribution in [3.63, 3.8) is 0 Å². The Hall–Kier alpha value is -1.55. The summed E-state index contributed by atoms with van der Waals surface area (Å²) in [6, 6.07) is 7.01. The van der Waals surface area contributed by atoms with E-state index < -0.39 is 0 Å². The molecule has 0 saturated carbocycles. The zero-order valence-electron chi connectivity index (χ0n) is 13.7. The molecule has 2 N–H and O–H groups in total. The minimum absolute atomic E-state index is 0.0551. The number of nitrogens with one attached hydrogen (secondary N) is 1. The number of carbonyl (C=O) groups is 1. The first-order valence-electron chi connectivity index (χ1n) is 8.33. The zero-order chi connectivity index (χ0) is 15.9. The fraction of sp³-hybridized carbons (Fsp3) is 0.611. The van der Waals surface area contributed by atoms with Crippen molar-refractivity contribution in [3.8, 4) is 5.75 Å². The first-order valence-corrected chi connectivity index (χ1v) is 8.33. The van der Waals surface area contributed by atoms with Crippen molar-refractivity contribution in [2.45, 2.75) is 64.6 Å². The van der Waals surface area contributed by atoms with Crippen LogP contribution in [0.1, 0.15) is 45.1 Å². The molecule has 0 aromatic heterocycles. The maximum Gasteiger partial charge on any atom is 0.227 e. The average molecular weight is 302 g/mol. The van der Waals surface area contributed by atoms with E-state index in [1.165, 1.54) is 12.8 Å². The molecule has 0 radical (unpaired) electrons. The monoisotopic (exact) mass is 302 g/mol. The lowest BCUT2D eigenvalue weighted by atomic mass is 9.89. The van der Waals surface area contributed by atoms with Crippen molar-refractivity contribution >= 4 is 11.6 Å². The number of phenolic OH excluding ortho intramolecular Hbond substituents is 1. The first-order chi connectivity index (χ1) is 10.5. The van der Waals surface area contributed by atoms with E-state index >= 15 is 0 Å². The van der Waals surface area contributed by atoms with E-state index in [9.17, 15) is 9.90 Å². The molecule has 0 spiro atoms. The van der Waals surface area contributed by atoms with Crippen molar-refractivity contribution < 1.29 is 9.90 Å². The molecular weight excluding hydrogens is 276 g/mol. The Bertz CT molecular complexity index is 556. The van der Waals surface area contributed by atoms with Crippen LogP contribution in [0, 0.1) is 12.8 Å². The molecule has 1 aromatic carbocycles. The number of amides is 1. The summed E-state index contributed by atoms with van der Waals surface area (Å²) in [7, 11) is 0. The Morgan fingerprint density at radius 1 is 1.27 bits per heavy atom. The van der Waals surface area contributed by atoms with Gasteiger partial charge in [-0.05, 0) is 64.2 Å². The van der Waals surface area contributed by atoms with Crippen LogP contribution in [0.15, 0.2) is 18.2 Å². The highest BCUT2D eigenvalue weighted by atomic mass is 16.3. The number of benzene rings is 1. The third kappa shape index (κ3) is 2.84. The summed E-state index contributed by atoms with van der Waals surface area (Å²) >= 11 is 0. The van der Waals surface area contributed by atoms with Gasteiger partial charge in [0.15, 0.2) is 0 Å². The maximum atomic E-state index is 12.6. The van der Waals surface area contributed by atoms with Crippen molar-refractivity contribution in [2.24, 2.45) is 5.92 Å². The number of hydrogen-bond acceptors (Lipinski definition) is 3. The highest BCUT2D eigenvalue weighted by Gasteiger charge is 2.43. The lowest BCUT2D eigenvalue weighted by Crippen LogP contribution is -2.48. The highest BCUT2D eigenvalue weighted by molar-refractivity contribution is 5.94. The largest absolute Gasteiger partial charge is 0.506 e. The van der Waals surface area contributed by atoms with Crippen LogP contribution < -0.4 is 5.32 Å². The molecule has 2 aliphatic heterocycles. The fourth-order valence-corrected chi connectivity index (χ4v) is 4.25. The predicted octanol–water partition coefficient (Wildman–Crippen LogP) is 3.29. The van der Waals surface area contributed by atoms with Gasteiger partial charge in [-0.3, -0.25) is 9.69 Å². The van der Waals surface area contributed by atoms with Crippen LogP contribution in [-0.2, 0) is 4.79 Å². The molecule has 2 heterocycles. The van der Waals surface area contributed by atoms with Crippen LogP contribution in [-0.4, -0.2) is 34.0 Å². The second kappa shape index (κ2) is 5.92. The van der Waals surface area contributed by atoms with E-state index in [1.54, 1.807) is 12.1 Å². The Labute approximate surface area is 132 Å². The average Bonchev–Trinajstić information content (AvgIpc) is 2.73. The number of piperidine rings is 1. The van der Waals surface area contributed by atoms with Crippen molar-refractivity contribution in [1.82, 2.24) is 4.90 Å². The SMILES string of the molecule is Cc1ccc(NC(=O)C2CC3CCC(C2)N3C(C)C)c(O)c1. The van der Waals surface area contributed by atoms with Crippen LogP contribution in [0.2, 0.25) is 0 Å². The van der Waals surface area contributed by atoms with Crippen LogP contribution in [0.3, 0.4) is 0 Å². The maximum absolute atomic E-state index is 12.6. The topological polar surface area (TPSA) is 52.6 Å². The number of nitrogens with zero attached hydrogens (tertiary/aromatic N) is 1. The molecule has 2 aliphatic rings. The number of phenols is 1. The van der Waals surface area contributed by atoms with E-state index in [2.05, 4.69) is 24.1 Å². The van der Waals surface area contributed by atoms with Gasteiger partial charge < -0.3 is 10.4 Å². The van der Waals surface area contributed by atoms with Gasteiger partial charge in [0, 0.05) is 24.0 Å². The molecule has 2 atom stereocenters. The minimum atomic E-state index is 0.0551. The van der Waals surface area contributed by atoms with Crippen LogP contribution in [0.25, 0.3) is 0 Å². The summed E-state index contributed by atoms with van der Waals surface area (Å²) in [6.45, 7) is 6.41. The Morgan fingerprint density at radius 2 is 1.91 bits per heavy atom. The van der Waals surface area contributed by atoms with E-state index in [1.807, 2.05) is 13.0 Å². The Balaban J connectivity index is 1.67. The van der Waals surface area contributed by atoms with Crippen molar-refractivity contribution in [3.05, 3.63) is 23.8 Å². The number of aryl methyl sites for hydroxylation is 1. The van der Waals surface area contributed by atoms with Crippen LogP contribution >= 0.6 is 0 Å². The van der Waals surface area contributed by atoms with Crippen molar-refractivity contribution in [2.75, 3.05) is 5.32 Å². The smallest absolute Gasteiger partial charge is 0.227 e. The molecule has 2 bridgehead atoms. The first kappa shape index (κ1) is 15.3. The van der Waals surface area contributed by atoms with Gasteiger partial charge in [-0.1, -0.05) is 6.07 Å². The van der Waals surface area contributed by atoms with E-state index in [4.69, 9.17) is 0 Å². The molecule has 3 rings (SSSR count). The molecule has 4 nitrogen and oxygen atoms in total. The summed E-state index contributed by atoms with van der Waals surface area (Å²) in [5.74, 6) is 0.267. The van der Waals surface area contributed by atoms with E-state index in [0.717, 1.165) is 18.4 Å². The van der Waals surface area contributed by atoms with Gasteiger partial charge in [0.05, 0.1) is 5.69 Å². The van der Waals surface area contributed by atoms with E-state index in [0.29, 0.717) is 23.8 Å². The normalized spacial score (nSPS) is 28.1. The fourth-order valence-electron chi connectivity index (χ4n) is 4.25. The summed E-state index contributed by atoms with van der Waals surface area (Å²) < 4.78 is 0. The molecular formula is C18H26N2O2. The van der Waals surface area contributed by atoms with Gasteiger partial charge in [0.25, 0.3) is 0 Å². The van der Waals surface area contributed by atoms with Gasteiger partial charge in [-0.2, -0.15) is 0 Å². The number of anilines is 1. The number of carbonyl (C=O) groups excluding carboxylic acids is 1. The summed E-state index contributed by atoms with van der Waals surface area (Å²) in [6.07, 6.45) is 4.30. The van der Waals surface area contributed by atoms with Gasteiger partial charge in [0.2, 0.25) is 5.91 Å². The molecule has 22 heavy (non-hydrogen) atoms. The highest BCUT2D eigenvalue weighted by Crippen LogP contribution is 2.40. The number of fused-ring (bicyclic) bond motifs is 2. The predicted molar refractivity (Wildman–Crippen MR) is 88.0 cm³/mol. The molecule has 0 aliphatic carbocycles. The summed E-state index contributed by atoms with van der Waals surface area (Å²) in [4.78, 5) is 15.1. The standard InChI is InChI=1S/C18H26N2O2/c1-11(2)20-14-5-6-15(20)10-13(9-14)18(22)19-16-7-4-12(3)8-17(16)21/h4,7-8,11,13-15,21H,5-6,9-10H2,1-3H3,(H,19,22). The second-order valence-corrected chi connectivity index (χ2v) is 7.10. The Kier molecular flexibility index (Phi) is 4.13. The summed E-state index contributed by atoms with van der Waals surface area (Å²) in [5.41, 5.74) is 1.51. The van der Waals surface area contributed by atoms with Gasteiger partial charge >= 0.3 is 0 Å². The molecule has 4 heteroatoms. The van der Waals surface area contributed by atoms with Gasteiger partial charge in [0.1, 0.15) is 5.75 Å². The van der Waals surface area contributed by atoms with Crippen LogP contribution in [0.5, 0.6) is 5.75 Å². The molecule has 2 fully saturated rings. The van der Waals surface area contributed by atoms with Gasteiger partial charge in [-0.25, -0.2) is 0 Å².